The van der Waals surface area contributed by atoms with Crippen molar-refractivity contribution in [1.82, 2.24) is 0 Å². The Morgan fingerprint density at radius 1 is 1.36 bits per heavy atom. The van der Waals surface area contributed by atoms with Gasteiger partial charge in [-0.1, -0.05) is 36.4 Å². The Balaban J connectivity index is 2.31. The van der Waals surface area contributed by atoms with E-state index in [-0.39, 0.29) is 0 Å². The summed E-state index contributed by atoms with van der Waals surface area (Å²) in [5, 5.41) is 8.88. The van der Waals surface area contributed by atoms with Crippen molar-refractivity contribution < 1.29 is 14.6 Å². The monoisotopic (exact) mass is 190 g/mol. The lowest BCUT2D eigenvalue weighted by Gasteiger charge is -2.09. The zero-order chi connectivity index (χ0) is 9.97. The Bertz CT molecular complexity index is 367. The summed E-state index contributed by atoms with van der Waals surface area (Å²) in [6.07, 6.45) is 1.01. The summed E-state index contributed by atoms with van der Waals surface area (Å²) in [4.78, 5) is 10.8. The van der Waals surface area contributed by atoms with Gasteiger partial charge in [0, 0.05) is 0 Å². The van der Waals surface area contributed by atoms with E-state index in [9.17, 15) is 4.79 Å². The first-order valence-electron chi connectivity index (χ1n) is 4.39. The SMILES string of the molecule is O=C(O)C1OCC=C1c1ccccc1. The van der Waals surface area contributed by atoms with Crippen molar-refractivity contribution in [2.75, 3.05) is 6.61 Å². The number of benzene rings is 1. The number of aliphatic carboxylic acids is 1. The van der Waals surface area contributed by atoms with Gasteiger partial charge >= 0.3 is 5.97 Å². The van der Waals surface area contributed by atoms with Gasteiger partial charge in [-0.05, 0) is 11.1 Å². The molecule has 0 saturated heterocycles. The van der Waals surface area contributed by atoms with Crippen molar-refractivity contribution in [3.63, 3.8) is 0 Å². The van der Waals surface area contributed by atoms with Gasteiger partial charge in [-0.3, -0.25) is 0 Å². The first kappa shape index (κ1) is 8.97. The molecule has 1 heterocycles. The Morgan fingerprint density at radius 2 is 2.07 bits per heavy atom. The molecule has 0 spiro atoms. The number of carboxylic acids is 1. The zero-order valence-corrected chi connectivity index (χ0v) is 7.51. The third-order valence-corrected chi connectivity index (χ3v) is 2.18. The number of rotatable bonds is 2. The minimum Gasteiger partial charge on any atom is -0.479 e. The van der Waals surface area contributed by atoms with Gasteiger partial charge in [0.1, 0.15) is 0 Å². The molecule has 0 saturated carbocycles. The second kappa shape index (κ2) is 3.64. The van der Waals surface area contributed by atoms with E-state index in [4.69, 9.17) is 9.84 Å². The fraction of sp³-hybridized carbons (Fsp3) is 0.182. The molecule has 1 aromatic carbocycles. The lowest BCUT2D eigenvalue weighted by Crippen LogP contribution is -2.21. The average molecular weight is 190 g/mol. The van der Waals surface area contributed by atoms with E-state index in [2.05, 4.69) is 0 Å². The molecular weight excluding hydrogens is 180 g/mol. The summed E-state index contributed by atoms with van der Waals surface area (Å²) in [7, 11) is 0. The molecule has 0 aromatic heterocycles. The summed E-state index contributed by atoms with van der Waals surface area (Å²) in [6.45, 7) is 0.376. The van der Waals surface area contributed by atoms with E-state index in [0.717, 1.165) is 11.1 Å². The van der Waals surface area contributed by atoms with Crippen LogP contribution in [0.5, 0.6) is 0 Å². The maximum atomic E-state index is 10.8. The third kappa shape index (κ3) is 1.54. The van der Waals surface area contributed by atoms with Crippen LogP contribution in [0.1, 0.15) is 5.56 Å². The van der Waals surface area contributed by atoms with Crippen LogP contribution < -0.4 is 0 Å². The highest BCUT2D eigenvalue weighted by Gasteiger charge is 2.27. The first-order chi connectivity index (χ1) is 6.79. The summed E-state index contributed by atoms with van der Waals surface area (Å²) < 4.78 is 5.09. The summed E-state index contributed by atoms with van der Waals surface area (Å²) in [5.41, 5.74) is 1.66. The van der Waals surface area contributed by atoms with Gasteiger partial charge in [-0.2, -0.15) is 0 Å². The Hall–Kier alpha value is -1.61. The van der Waals surface area contributed by atoms with Gasteiger partial charge < -0.3 is 9.84 Å². The molecule has 1 aliphatic rings. The van der Waals surface area contributed by atoms with Crippen LogP contribution in [0, 0.1) is 0 Å². The zero-order valence-electron chi connectivity index (χ0n) is 7.51. The van der Waals surface area contributed by atoms with Gasteiger partial charge in [-0.25, -0.2) is 4.79 Å². The van der Waals surface area contributed by atoms with Crippen molar-refractivity contribution in [3.05, 3.63) is 42.0 Å². The van der Waals surface area contributed by atoms with Crippen LogP contribution in [0.2, 0.25) is 0 Å². The number of ether oxygens (including phenoxy) is 1. The van der Waals surface area contributed by atoms with Gasteiger partial charge in [0.2, 0.25) is 0 Å². The van der Waals surface area contributed by atoms with E-state index < -0.39 is 12.1 Å². The average Bonchev–Trinajstić information content (AvgIpc) is 2.67. The van der Waals surface area contributed by atoms with E-state index >= 15 is 0 Å². The van der Waals surface area contributed by atoms with Crippen LogP contribution >= 0.6 is 0 Å². The molecule has 3 nitrogen and oxygen atoms in total. The van der Waals surface area contributed by atoms with Crippen molar-refractivity contribution in [2.24, 2.45) is 0 Å². The van der Waals surface area contributed by atoms with E-state index in [1.165, 1.54) is 0 Å². The van der Waals surface area contributed by atoms with E-state index in [1.807, 2.05) is 36.4 Å². The number of carbonyl (C=O) groups is 1. The standard InChI is InChI=1S/C11H10O3/c12-11(13)10-9(6-7-14-10)8-4-2-1-3-5-8/h1-6,10H,7H2,(H,12,13). The van der Waals surface area contributed by atoms with Crippen molar-refractivity contribution in [2.45, 2.75) is 6.10 Å². The van der Waals surface area contributed by atoms with Crippen molar-refractivity contribution >= 4 is 11.5 Å². The molecule has 72 valence electrons. The minimum absolute atomic E-state index is 0.376. The Morgan fingerprint density at radius 3 is 2.71 bits per heavy atom. The van der Waals surface area contributed by atoms with Crippen LogP contribution in [0.3, 0.4) is 0 Å². The fourth-order valence-electron chi connectivity index (χ4n) is 1.54. The molecule has 1 aliphatic heterocycles. The predicted octanol–water partition coefficient (Wildman–Crippen LogP) is 1.55. The molecule has 0 bridgehead atoms. The topological polar surface area (TPSA) is 46.5 Å². The molecule has 0 fully saturated rings. The number of hydrogen-bond donors (Lipinski definition) is 1. The molecule has 0 aliphatic carbocycles. The number of hydrogen-bond acceptors (Lipinski definition) is 2. The van der Waals surface area contributed by atoms with Crippen molar-refractivity contribution in [3.8, 4) is 0 Å². The highest BCUT2D eigenvalue weighted by molar-refractivity contribution is 5.91. The molecule has 1 N–H and O–H groups in total. The normalized spacial score (nSPS) is 20.6. The highest BCUT2D eigenvalue weighted by Crippen LogP contribution is 2.25. The summed E-state index contributed by atoms with van der Waals surface area (Å²) in [6, 6.07) is 9.43. The smallest absolute Gasteiger partial charge is 0.337 e. The van der Waals surface area contributed by atoms with Crippen LogP contribution in [0.15, 0.2) is 36.4 Å². The van der Waals surface area contributed by atoms with Crippen LogP contribution in [-0.2, 0) is 9.53 Å². The third-order valence-electron chi connectivity index (χ3n) is 2.18. The van der Waals surface area contributed by atoms with E-state index in [1.54, 1.807) is 0 Å². The van der Waals surface area contributed by atoms with Gasteiger partial charge in [0.25, 0.3) is 0 Å². The quantitative estimate of drug-likeness (QED) is 0.769. The molecule has 2 rings (SSSR count). The Kier molecular flexibility index (Phi) is 2.33. The van der Waals surface area contributed by atoms with Crippen LogP contribution in [0.25, 0.3) is 5.57 Å². The molecule has 1 atom stereocenters. The van der Waals surface area contributed by atoms with Gasteiger partial charge in [-0.15, -0.1) is 0 Å². The molecule has 0 radical (unpaired) electrons. The molecular formula is C11H10O3. The van der Waals surface area contributed by atoms with Crippen molar-refractivity contribution in [1.29, 1.82) is 0 Å². The maximum absolute atomic E-state index is 10.8. The lowest BCUT2D eigenvalue weighted by molar-refractivity contribution is -0.145. The van der Waals surface area contributed by atoms with Gasteiger partial charge in [0.05, 0.1) is 6.61 Å². The first-order valence-corrected chi connectivity index (χ1v) is 4.39. The molecule has 0 amide bonds. The van der Waals surface area contributed by atoms with E-state index in [0.29, 0.717) is 6.61 Å². The largest absolute Gasteiger partial charge is 0.479 e. The summed E-state index contributed by atoms with van der Waals surface area (Å²) >= 11 is 0. The summed E-state index contributed by atoms with van der Waals surface area (Å²) in [5.74, 6) is -0.933. The lowest BCUT2D eigenvalue weighted by atomic mass is 10.0. The molecule has 3 heteroatoms. The fourth-order valence-corrected chi connectivity index (χ4v) is 1.54. The second-order valence-corrected chi connectivity index (χ2v) is 3.08. The maximum Gasteiger partial charge on any atom is 0.337 e. The second-order valence-electron chi connectivity index (χ2n) is 3.08. The minimum atomic E-state index is -0.933. The molecule has 14 heavy (non-hydrogen) atoms. The Labute approximate surface area is 81.6 Å². The number of carboxylic acid groups (broad SMARTS) is 1. The predicted molar refractivity (Wildman–Crippen MR) is 51.8 cm³/mol. The molecule has 1 unspecified atom stereocenters. The molecule has 1 aromatic rings. The van der Waals surface area contributed by atoms with Crippen LogP contribution in [-0.4, -0.2) is 23.8 Å². The highest BCUT2D eigenvalue weighted by atomic mass is 16.5. The van der Waals surface area contributed by atoms with Gasteiger partial charge in [0.15, 0.2) is 6.10 Å². The van der Waals surface area contributed by atoms with Crippen LogP contribution in [0.4, 0.5) is 0 Å².